The summed E-state index contributed by atoms with van der Waals surface area (Å²) in [4.78, 5) is 2.57. The highest BCUT2D eigenvalue weighted by Crippen LogP contribution is 2.33. The van der Waals surface area contributed by atoms with Crippen molar-refractivity contribution in [1.82, 2.24) is 4.90 Å². The summed E-state index contributed by atoms with van der Waals surface area (Å²) in [6, 6.07) is 9.53. The second-order valence-electron chi connectivity index (χ2n) is 5.98. The molecule has 2 aromatic rings. The largest absolute Gasteiger partial charge is 0.329 e. The van der Waals surface area contributed by atoms with Crippen molar-refractivity contribution < 1.29 is 0 Å². The highest BCUT2D eigenvalue weighted by Gasteiger charge is 2.23. The second-order valence-corrected chi connectivity index (χ2v) is 6.89. The number of rotatable bonds is 8. The topological polar surface area (TPSA) is 29.3 Å². The Hall–Kier alpha value is -0.900. The van der Waals surface area contributed by atoms with Gasteiger partial charge in [0.25, 0.3) is 0 Å². The van der Waals surface area contributed by atoms with Gasteiger partial charge in [-0.15, -0.1) is 11.3 Å². The van der Waals surface area contributed by atoms with Gasteiger partial charge in [0.05, 0.1) is 0 Å². The average molecular weight is 305 g/mol. The standard InChI is InChI=1S/C18H28N2S/c1-4-5-8-11-20(14(2)3)17(12-19)16-13-21-18-10-7-6-9-15(16)18/h6-7,9-10,13-14,17H,4-5,8,11-12,19H2,1-3H3. The summed E-state index contributed by atoms with van der Waals surface area (Å²) < 4.78 is 1.36. The molecule has 0 amide bonds. The summed E-state index contributed by atoms with van der Waals surface area (Å²) in [6.07, 6.45) is 3.82. The fourth-order valence-electron chi connectivity index (χ4n) is 3.02. The van der Waals surface area contributed by atoms with Gasteiger partial charge < -0.3 is 5.73 Å². The molecule has 2 rings (SSSR count). The molecule has 0 aliphatic heterocycles. The van der Waals surface area contributed by atoms with Crippen molar-refractivity contribution in [3.63, 3.8) is 0 Å². The molecule has 3 heteroatoms. The van der Waals surface area contributed by atoms with Crippen molar-refractivity contribution in [2.45, 2.75) is 52.1 Å². The first-order valence-electron chi connectivity index (χ1n) is 8.11. The number of thiophene rings is 1. The van der Waals surface area contributed by atoms with Crippen molar-refractivity contribution >= 4 is 21.4 Å². The zero-order valence-electron chi connectivity index (χ0n) is 13.5. The zero-order valence-corrected chi connectivity index (χ0v) is 14.3. The highest BCUT2D eigenvalue weighted by atomic mass is 32.1. The smallest absolute Gasteiger partial charge is 0.0487 e. The Morgan fingerprint density at radius 1 is 1.19 bits per heavy atom. The lowest BCUT2D eigenvalue weighted by Crippen LogP contribution is -2.39. The van der Waals surface area contributed by atoms with Gasteiger partial charge in [-0.1, -0.05) is 38.0 Å². The Balaban J connectivity index is 2.27. The van der Waals surface area contributed by atoms with E-state index >= 15 is 0 Å². The first kappa shape index (κ1) is 16.5. The fraction of sp³-hybridized carbons (Fsp3) is 0.556. The Bertz CT molecular complexity index is 547. The van der Waals surface area contributed by atoms with E-state index in [2.05, 4.69) is 55.3 Å². The molecule has 0 radical (unpaired) electrons. The van der Waals surface area contributed by atoms with Gasteiger partial charge >= 0.3 is 0 Å². The van der Waals surface area contributed by atoms with Gasteiger partial charge in [-0.3, -0.25) is 4.90 Å². The van der Waals surface area contributed by atoms with E-state index in [0.717, 1.165) is 6.54 Å². The zero-order chi connectivity index (χ0) is 15.2. The van der Waals surface area contributed by atoms with Gasteiger partial charge in [0, 0.05) is 23.3 Å². The molecule has 1 atom stereocenters. The summed E-state index contributed by atoms with van der Waals surface area (Å²) in [7, 11) is 0. The maximum atomic E-state index is 6.16. The molecule has 1 unspecified atom stereocenters. The van der Waals surface area contributed by atoms with Crippen LogP contribution in [0.4, 0.5) is 0 Å². The van der Waals surface area contributed by atoms with Crippen LogP contribution in [0.5, 0.6) is 0 Å². The molecule has 0 saturated heterocycles. The number of unbranched alkanes of at least 4 members (excludes halogenated alkanes) is 2. The van der Waals surface area contributed by atoms with Crippen LogP contribution < -0.4 is 5.73 Å². The second kappa shape index (κ2) is 7.92. The van der Waals surface area contributed by atoms with Crippen LogP contribution in [0.3, 0.4) is 0 Å². The first-order chi connectivity index (χ1) is 10.2. The molecule has 2 nitrogen and oxygen atoms in total. The minimum absolute atomic E-state index is 0.331. The summed E-state index contributed by atoms with van der Waals surface area (Å²) in [5.74, 6) is 0. The molecule has 21 heavy (non-hydrogen) atoms. The first-order valence-corrected chi connectivity index (χ1v) is 8.99. The van der Waals surface area contributed by atoms with E-state index < -0.39 is 0 Å². The monoisotopic (exact) mass is 304 g/mol. The van der Waals surface area contributed by atoms with Crippen molar-refractivity contribution in [1.29, 1.82) is 0 Å². The van der Waals surface area contributed by atoms with Crippen molar-refractivity contribution in [3.8, 4) is 0 Å². The van der Waals surface area contributed by atoms with Gasteiger partial charge in [-0.2, -0.15) is 0 Å². The maximum Gasteiger partial charge on any atom is 0.0487 e. The van der Waals surface area contributed by atoms with Crippen LogP contribution in [0.25, 0.3) is 10.1 Å². The lowest BCUT2D eigenvalue weighted by atomic mass is 10.0. The molecule has 0 bridgehead atoms. The molecule has 1 heterocycles. The van der Waals surface area contributed by atoms with E-state index in [1.807, 2.05) is 11.3 Å². The maximum absolute atomic E-state index is 6.16. The van der Waals surface area contributed by atoms with E-state index in [4.69, 9.17) is 5.73 Å². The van der Waals surface area contributed by atoms with E-state index in [-0.39, 0.29) is 0 Å². The highest BCUT2D eigenvalue weighted by molar-refractivity contribution is 7.17. The third kappa shape index (κ3) is 3.85. The number of hydrogen-bond acceptors (Lipinski definition) is 3. The van der Waals surface area contributed by atoms with E-state index in [1.54, 1.807) is 0 Å². The lowest BCUT2D eigenvalue weighted by Gasteiger charge is -2.34. The Morgan fingerprint density at radius 3 is 2.62 bits per heavy atom. The van der Waals surface area contributed by atoms with Gasteiger partial charge in [0.15, 0.2) is 0 Å². The van der Waals surface area contributed by atoms with Crippen molar-refractivity contribution in [2.75, 3.05) is 13.1 Å². The number of benzene rings is 1. The SMILES string of the molecule is CCCCCN(C(C)C)C(CN)c1csc2ccccc12. The minimum atomic E-state index is 0.331. The van der Waals surface area contributed by atoms with Crippen LogP contribution in [-0.2, 0) is 0 Å². The molecule has 1 aromatic carbocycles. The third-order valence-corrected chi connectivity index (χ3v) is 5.16. The predicted octanol–water partition coefficient (Wildman–Crippen LogP) is 4.80. The van der Waals surface area contributed by atoms with Gasteiger partial charge in [0.1, 0.15) is 0 Å². The van der Waals surface area contributed by atoms with E-state index in [1.165, 1.54) is 34.9 Å². The summed E-state index contributed by atoms with van der Waals surface area (Å²) in [6.45, 7) is 8.64. The molecule has 0 spiro atoms. The number of nitrogens with two attached hydrogens (primary N) is 1. The third-order valence-electron chi connectivity index (χ3n) is 4.18. The summed E-state index contributed by atoms with van der Waals surface area (Å²) >= 11 is 1.83. The van der Waals surface area contributed by atoms with Crippen LogP contribution in [-0.4, -0.2) is 24.0 Å². The number of fused-ring (bicyclic) bond motifs is 1. The van der Waals surface area contributed by atoms with E-state index in [0.29, 0.717) is 18.6 Å². The van der Waals surface area contributed by atoms with Crippen LogP contribution in [0.2, 0.25) is 0 Å². The normalized spacial score (nSPS) is 13.4. The van der Waals surface area contributed by atoms with Crippen molar-refractivity contribution in [3.05, 3.63) is 35.2 Å². The molecule has 0 saturated carbocycles. The number of hydrogen-bond donors (Lipinski definition) is 1. The van der Waals surface area contributed by atoms with Crippen molar-refractivity contribution in [2.24, 2.45) is 5.73 Å². The quantitative estimate of drug-likeness (QED) is 0.710. The summed E-state index contributed by atoms with van der Waals surface area (Å²) in [5.41, 5.74) is 7.57. The van der Waals surface area contributed by atoms with Gasteiger partial charge in [-0.25, -0.2) is 0 Å². The van der Waals surface area contributed by atoms with Gasteiger partial charge in [0.2, 0.25) is 0 Å². The number of nitrogens with zero attached hydrogens (tertiary/aromatic N) is 1. The van der Waals surface area contributed by atoms with Crippen LogP contribution in [0.15, 0.2) is 29.6 Å². The average Bonchev–Trinajstić information content (AvgIpc) is 2.90. The Morgan fingerprint density at radius 2 is 1.95 bits per heavy atom. The Kier molecular flexibility index (Phi) is 6.22. The molecule has 0 aliphatic carbocycles. The van der Waals surface area contributed by atoms with Gasteiger partial charge in [-0.05, 0) is 49.2 Å². The van der Waals surface area contributed by atoms with Crippen LogP contribution >= 0.6 is 11.3 Å². The molecular weight excluding hydrogens is 276 g/mol. The van der Waals surface area contributed by atoms with Crippen LogP contribution in [0.1, 0.15) is 51.6 Å². The Labute approximate surface area is 133 Å². The molecule has 1 aromatic heterocycles. The molecule has 116 valence electrons. The molecule has 0 aliphatic rings. The predicted molar refractivity (Wildman–Crippen MR) is 95.0 cm³/mol. The van der Waals surface area contributed by atoms with Crippen LogP contribution in [0, 0.1) is 0 Å². The molecular formula is C18H28N2S. The minimum Gasteiger partial charge on any atom is -0.329 e. The van der Waals surface area contributed by atoms with E-state index in [9.17, 15) is 0 Å². The fourth-order valence-corrected chi connectivity index (χ4v) is 4.02. The summed E-state index contributed by atoms with van der Waals surface area (Å²) in [5, 5.41) is 3.68. The molecule has 2 N–H and O–H groups in total. The lowest BCUT2D eigenvalue weighted by molar-refractivity contribution is 0.155. The molecule has 0 fully saturated rings.